The summed E-state index contributed by atoms with van der Waals surface area (Å²) in [4.78, 5) is 35.1. The summed E-state index contributed by atoms with van der Waals surface area (Å²) in [5, 5.41) is 18.2. The Labute approximate surface area is 117 Å². The van der Waals surface area contributed by atoms with E-state index >= 15 is 0 Å². The van der Waals surface area contributed by atoms with Crippen LogP contribution in [-0.4, -0.2) is 27.7 Å². The van der Waals surface area contributed by atoms with Gasteiger partial charge in [-0.25, -0.2) is 4.79 Å². The van der Waals surface area contributed by atoms with Gasteiger partial charge in [-0.2, -0.15) is 0 Å². The van der Waals surface area contributed by atoms with Crippen LogP contribution in [0.3, 0.4) is 0 Å². The molecule has 1 heterocycles. The number of fused-ring (bicyclic) bond motifs is 2. The normalized spacial score (nSPS) is 13.8. The van der Waals surface area contributed by atoms with E-state index in [1.165, 1.54) is 18.2 Å². The molecule has 1 aromatic heterocycles. The maximum atomic E-state index is 12.3. The van der Waals surface area contributed by atoms with E-state index in [-0.39, 0.29) is 28.2 Å². The first-order valence-corrected chi connectivity index (χ1v) is 5.95. The van der Waals surface area contributed by atoms with Crippen LogP contribution in [0, 0.1) is 0 Å². The van der Waals surface area contributed by atoms with Crippen molar-refractivity contribution in [3.05, 3.63) is 64.6 Å². The molecule has 0 saturated carbocycles. The molecule has 3 rings (SSSR count). The van der Waals surface area contributed by atoms with Crippen LogP contribution in [0.4, 0.5) is 0 Å². The Bertz CT molecular complexity index is 772. The second-order valence-corrected chi connectivity index (χ2v) is 4.43. The summed E-state index contributed by atoms with van der Waals surface area (Å²) >= 11 is 0. The fourth-order valence-electron chi connectivity index (χ4n) is 2.19. The number of aliphatic carboxylic acids is 1. The van der Waals surface area contributed by atoms with Gasteiger partial charge in [0.25, 0.3) is 0 Å². The predicted molar refractivity (Wildman–Crippen MR) is 70.3 cm³/mol. The standard InChI is InChI=1S/C15H8O6/c16-10(6-12(17)18)11-5-9-13(19)7-3-1-2-4-8(7)14(20)15(9)21-11/h1-6,16H,(H,17,18). The minimum Gasteiger partial charge on any atom is -0.504 e. The van der Waals surface area contributed by atoms with Gasteiger partial charge in [0, 0.05) is 11.1 Å². The maximum Gasteiger partial charge on any atom is 0.332 e. The Balaban J connectivity index is 2.16. The third-order valence-corrected chi connectivity index (χ3v) is 3.11. The van der Waals surface area contributed by atoms with Crippen LogP contribution in [0.1, 0.15) is 37.8 Å². The second kappa shape index (κ2) is 4.45. The van der Waals surface area contributed by atoms with Gasteiger partial charge in [0.1, 0.15) is 0 Å². The van der Waals surface area contributed by atoms with E-state index in [1.807, 2.05) is 0 Å². The van der Waals surface area contributed by atoms with Gasteiger partial charge in [0.15, 0.2) is 23.1 Å². The van der Waals surface area contributed by atoms with Crippen molar-refractivity contribution in [3.63, 3.8) is 0 Å². The molecule has 0 amide bonds. The summed E-state index contributed by atoms with van der Waals surface area (Å²) in [7, 11) is 0. The molecule has 0 atom stereocenters. The number of hydrogen-bond donors (Lipinski definition) is 2. The van der Waals surface area contributed by atoms with Crippen LogP contribution < -0.4 is 0 Å². The van der Waals surface area contributed by atoms with Crippen LogP contribution in [0.15, 0.2) is 40.8 Å². The van der Waals surface area contributed by atoms with E-state index in [4.69, 9.17) is 9.52 Å². The number of hydrogen-bond acceptors (Lipinski definition) is 5. The molecule has 0 radical (unpaired) electrons. The molecular formula is C15H8O6. The van der Waals surface area contributed by atoms with Gasteiger partial charge in [0.05, 0.1) is 11.6 Å². The largest absolute Gasteiger partial charge is 0.504 e. The van der Waals surface area contributed by atoms with Gasteiger partial charge in [0.2, 0.25) is 5.78 Å². The summed E-state index contributed by atoms with van der Waals surface area (Å²) in [5.74, 6) is -3.35. The molecule has 0 fully saturated rings. The van der Waals surface area contributed by atoms with Crippen LogP contribution in [0.25, 0.3) is 5.76 Å². The molecule has 104 valence electrons. The molecule has 0 saturated heterocycles. The number of aliphatic hydroxyl groups is 1. The van der Waals surface area contributed by atoms with E-state index in [0.29, 0.717) is 6.08 Å². The van der Waals surface area contributed by atoms with Crippen molar-refractivity contribution in [2.24, 2.45) is 0 Å². The Morgan fingerprint density at radius 2 is 1.62 bits per heavy atom. The minimum absolute atomic E-state index is 0.0130. The van der Waals surface area contributed by atoms with Gasteiger partial charge in [-0.3, -0.25) is 9.59 Å². The van der Waals surface area contributed by atoms with E-state index in [2.05, 4.69) is 0 Å². The Hall–Kier alpha value is -3.15. The zero-order valence-electron chi connectivity index (χ0n) is 10.5. The monoisotopic (exact) mass is 284 g/mol. The first-order valence-electron chi connectivity index (χ1n) is 5.95. The van der Waals surface area contributed by atoms with Gasteiger partial charge < -0.3 is 14.6 Å². The predicted octanol–water partition coefficient (Wildman–Crippen LogP) is 2.04. The van der Waals surface area contributed by atoms with E-state index < -0.39 is 23.3 Å². The SMILES string of the molecule is O=C(O)C=C(O)c1cc2c(o1)C(=O)c1ccccc1C2=O. The molecular weight excluding hydrogens is 276 g/mol. The highest BCUT2D eigenvalue weighted by Gasteiger charge is 2.33. The number of carbonyl (C=O) groups is 3. The number of rotatable bonds is 2. The molecule has 0 aliphatic heterocycles. The molecule has 2 aromatic rings. The summed E-state index contributed by atoms with van der Waals surface area (Å²) in [6.45, 7) is 0. The minimum atomic E-state index is -1.37. The summed E-state index contributed by atoms with van der Waals surface area (Å²) in [6.07, 6.45) is 0.520. The molecule has 6 heteroatoms. The zero-order chi connectivity index (χ0) is 15.1. The Morgan fingerprint density at radius 3 is 2.24 bits per heavy atom. The fourth-order valence-corrected chi connectivity index (χ4v) is 2.19. The molecule has 6 nitrogen and oxygen atoms in total. The topological polar surface area (TPSA) is 105 Å². The molecule has 0 unspecified atom stereocenters. The van der Waals surface area contributed by atoms with Gasteiger partial charge in [-0.15, -0.1) is 0 Å². The van der Waals surface area contributed by atoms with Crippen LogP contribution in [0.2, 0.25) is 0 Å². The lowest BCUT2D eigenvalue weighted by atomic mass is 9.88. The van der Waals surface area contributed by atoms with Crippen molar-refractivity contribution in [2.75, 3.05) is 0 Å². The molecule has 0 spiro atoms. The number of ketones is 2. The summed E-state index contributed by atoms with van der Waals surface area (Å²) in [5.41, 5.74) is 0.487. The van der Waals surface area contributed by atoms with Crippen LogP contribution in [0.5, 0.6) is 0 Å². The van der Waals surface area contributed by atoms with Crippen molar-refractivity contribution in [1.29, 1.82) is 0 Å². The molecule has 1 aliphatic rings. The van der Waals surface area contributed by atoms with Crippen molar-refractivity contribution in [2.45, 2.75) is 0 Å². The highest BCUT2D eigenvalue weighted by atomic mass is 16.4. The van der Waals surface area contributed by atoms with Crippen molar-refractivity contribution in [3.8, 4) is 0 Å². The number of benzene rings is 1. The Morgan fingerprint density at radius 1 is 1.00 bits per heavy atom. The average Bonchev–Trinajstić information content (AvgIpc) is 2.90. The third-order valence-electron chi connectivity index (χ3n) is 3.11. The first-order chi connectivity index (χ1) is 9.99. The lowest BCUT2D eigenvalue weighted by Gasteiger charge is -2.11. The van der Waals surface area contributed by atoms with Crippen LogP contribution >= 0.6 is 0 Å². The Kier molecular flexibility index (Phi) is 2.72. The van der Waals surface area contributed by atoms with Crippen molar-refractivity contribution >= 4 is 23.3 Å². The van der Waals surface area contributed by atoms with E-state index in [0.717, 1.165) is 0 Å². The lowest BCUT2D eigenvalue weighted by Crippen LogP contribution is -2.18. The zero-order valence-corrected chi connectivity index (χ0v) is 10.5. The molecule has 2 N–H and O–H groups in total. The average molecular weight is 284 g/mol. The molecule has 0 bridgehead atoms. The number of carboxylic acids is 1. The van der Waals surface area contributed by atoms with Gasteiger partial charge >= 0.3 is 5.97 Å². The van der Waals surface area contributed by atoms with E-state index in [9.17, 15) is 19.5 Å². The lowest BCUT2D eigenvalue weighted by molar-refractivity contribution is -0.131. The summed E-state index contributed by atoms with van der Waals surface area (Å²) in [6, 6.07) is 7.46. The van der Waals surface area contributed by atoms with Crippen molar-refractivity contribution in [1.82, 2.24) is 0 Å². The fraction of sp³-hybridized carbons (Fsp3) is 0. The maximum absolute atomic E-state index is 12.3. The third kappa shape index (κ3) is 1.93. The van der Waals surface area contributed by atoms with E-state index in [1.54, 1.807) is 12.1 Å². The summed E-state index contributed by atoms with van der Waals surface area (Å²) < 4.78 is 5.16. The highest BCUT2D eigenvalue weighted by molar-refractivity contribution is 6.27. The van der Waals surface area contributed by atoms with Crippen LogP contribution in [-0.2, 0) is 4.79 Å². The quantitative estimate of drug-likeness (QED) is 0.551. The molecule has 1 aromatic carbocycles. The smallest absolute Gasteiger partial charge is 0.332 e. The van der Waals surface area contributed by atoms with Gasteiger partial charge in [-0.1, -0.05) is 24.3 Å². The molecule has 1 aliphatic carbocycles. The molecule has 21 heavy (non-hydrogen) atoms. The first kappa shape index (κ1) is 12.9. The number of aliphatic hydroxyl groups excluding tert-OH is 1. The number of carboxylic acid groups (broad SMARTS) is 1. The van der Waals surface area contributed by atoms with Crippen molar-refractivity contribution < 1.29 is 29.0 Å². The van der Waals surface area contributed by atoms with Gasteiger partial charge in [-0.05, 0) is 6.07 Å². The number of furan rings is 1. The second-order valence-electron chi connectivity index (χ2n) is 4.43. The highest BCUT2D eigenvalue weighted by Crippen LogP contribution is 2.31. The number of carbonyl (C=O) groups excluding carboxylic acids is 2.